The summed E-state index contributed by atoms with van der Waals surface area (Å²) in [5.41, 5.74) is 2.66. The standard InChI is InChI=1S/C19H19Cl3N2O3/c1-11-5-4-6-12(2)19(11)23-17(25)9-24(3)18(26)10-27-16-8-14(21)13(20)7-15(16)22/h4-8H,9-10H2,1-3H3,(H,23,25). The summed E-state index contributed by atoms with van der Waals surface area (Å²) in [6.07, 6.45) is 0. The van der Waals surface area contributed by atoms with Crippen LogP contribution in [0.15, 0.2) is 30.3 Å². The number of likely N-dealkylation sites (N-methyl/N-ethyl adjacent to an activating group) is 1. The van der Waals surface area contributed by atoms with Gasteiger partial charge in [0, 0.05) is 18.8 Å². The van der Waals surface area contributed by atoms with Crippen molar-refractivity contribution in [2.24, 2.45) is 0 Å². The van der Waals surface area contributed by atoms with Gasteiger partial charge in [0.25, 0.3) is 5.91 Å². The third-order valence-corrected chi connectivity index (χ3v) is 4.90. The Hall–Kier alpha value is -1.95. The summed E-state index contributed by atoms with van der Waals surface area (Å²) in [5, 5.41) is 3.64. The van der Waals surface area contributed by atoms with Crippen molar-refractivity contribution in [1.82, 2.24) is 4.90 Å². The van der Waals surface area contributed by atoms with Gasteiger partial charge < -0.3 is 15.0 Å². The summed E-state index contributed by atoms with van der Waals surface area (Å²) < 4.78 is 5.40. The zero-order chi connectivity index (χ0) is 20.1. The average Bonchev–Trinajstić information content (AvgIpc) is 2.60. The summed E-state index contributed by atoms with van der Waals surface area (Å²) >= 11 is 17.8. The lowest BCUT2D eigenvalue weighted by Gasteiger charge is -2.18. The van der Waals surface area contributed by atoms with E-state index in [9.17, 15) is 9.59 Å². The molecule has 0 saturated heterocycles. The number of ether oxygens (including phenoxy) is 1. The average molecular weight is 430 g/mol. The molecule has 0 radical (unpaired) electrons. The van der Waals surface area contributed by atoms with Crippen LogP contribution in [-0.2, 0) is 9.59 Å². The number of amides is 2. The van der Waals surface area contributed by atoms with E-state index in [0.717, 1.165) is 16.8 Å². The highest BCUT2D eigenvalue weighted by atomic mass is 35.5. The first-order valence-electron chi connectivity index (χ1n) is 8.06. The Morgan fingerprint density at radius 1 is 1.04 bits per heavy atom. The molecule has 0 unspecified atom stereocenters. The molecule has 0 heterocycles. The molecule has 2 aromatic carbocycles. The molecular weight excluding hydrogens is 411 g/mol. The van der Waals surface area contributed by atoms with E-state index >= 15 is 0 Å². The molecule has 5 nitrogen and oxygen atoms in total. The van der Waals surface area contributed by atoms with Crippen LogP contribution in [-0.4, -0.2) is 36.9 Å². The van der Waals surface area contributed by atoms with E-state index < -0.39 is 0 Å². The van der Waals surface area contributed by atoms with Crippen LogP contribution < -0.4 is 10.1 Å². The Morgan fingerprint density at radius 2 is 1.63 bits per heavy atom. The molecule has 144 valence electrons. The van der Waals surface area contributed by atoms with Gasteiger partial charge in [-0.1, -0.05) is 53.0 Å². The van der Waals surface area contributed by atoms with Crippen LogP contribution in [0.25, 0.3) is 0 Å². The van der Waals surface area contributed by atoms with E-state index in [1.807, 2.05) is 32.0 Å². The van der Waals surface area contributed by atoms with E-state index in [0.29, 0.717) is 5.02 Å². The van der Waals surface area contributed by atoms with Crippen LogP contribution in [0.3, 0.4) is 0 Å². The quantitative estimate of drug-likeness (QED) is 0.675. The van der Waals surface area contributed by atoms with Crippen LogP contribution in [0.5, 0.6) is 5.75 Å². The second-order valence-corrected chi connectivity index (χ2v) is 7.27. The van der Waals surface area contributed by atoms with Crippen molar-refractivity contribution >= 4 is 52.3 Å². The van der Waals surface area contributed by atoms with Gasteiger partial charge in [-0.05, 0) is 31.0 Å². The maximum atomic E-state index is 12.2. The predicted molar refractivity (Wildman–Crippen MR) is 109 cm³/mol. The molecule has 0 atom stereocenters. The Kier molecular flexibility index (Phi) is 7.36. The van der Waals surface area contributed by atoms with E-state index in [1.54, 1.807) is 0 Å². The van der Waals surface area contributed by atoms with Gasteiger partial charge in [0.2, 0.25) is 5.91 Å². The number of hydrogen-bond acceptors (Lipinski definition) is 3. The Morgan fingerprint density at radius 3 is 2.26 bits per heavy atom. The predicted octanol–water partition coefficient (Wildman–Crippen LogP) is 4.74. The summed E-state index contributed by atoms with van der Waals surface area (Å²) in [4.78, 5) is 25.7. The van der Waals surface area contributed by atoms with Gasteiger partial charge in [-0.3, -0.25) is 9.59 Å². The largest absolute Gasteiger partial charge is 0.482 e. The molecule has 2 aromatic rings. The third-order valence-electron chi connectivity index (χ3n) is 3.88. The van der Waals surface area contributed by atoms with Crippen molar-refractivity contribution in [3.63, 3.8) is 0 Å². The highest BCUT2D eigenvalue weighted by Gasteiger charge is 2.16. The number of rotatable bonds is 6. The molecule has 1 N–H and O–H groups in total. The number of nitrogens with zero attached hydrogens (tertiary/aromatic N) is 1. The third kappa shape index (κ3) is 5.76. The number of para-hydroxylation sites is 1. The fourth-order valence-corrected chi connectivity index (χ4v) is 2.95. The van der Waals surface area contributed by atoms with Gasteiger partial charge in [0.1, 0.15) is 5.75 Å². The van der Waals surface area contributed by atoms with Gasteiger partial charge in [0.05, 0.1) is 21.6 Å². The molecule has 0 aliphatic carbocycles. The molecule has 2 amide bonds. The van der Waals surface area contributed by atoms with Crippen LogP contribution in [0.1, 0.15) is 11.1 Å². The number of anilines is 1. The van der Waals surface area contributed by atoms with Crippen LogP contribution in [0.2, 0.25) is 15.1 Å². The molecule has 2 rings (SSSR count). The lowest BCUT2D eigenvalue weighted by Crippen LogP contribution is -2.37. The number of aryl methyl sites for hydroxylation is 2. The fraction of sp³-hybridized carbons (Fsp3) is 0.263. The monoisotopic (exact) mass is 428 g/mol. The fourth-order valence-electron chi connectivity index (χ4n) is 2.36. The Labute approximate surface area is 173 Å². The molecule has 0 bridgehead atoms. The highest BCUT2D eigenvalue weighted by Crippen LogP contribution is 2.33. The van der Waals surface area contributed by atoms with Crippen molar-refractivity contribution in [1.29, 1.82) is 0 Å². The van der Waals surface area contributed by atoms with Crippen LogP contribution in [0.4, 0.5) is 5.69 Å². The minimum Gasteiger partial charge on any atom is -0.482 e. The van der Waals surface area contributed by atoms with E-state index in [1.165, 1.54) is 24.1 Å². The van der Waals surface area contributed by atoms with Gasteiger partial charge in [0.15, 0.2) is 6.61 Å². The number of nitrogens with one attached hydrogen (secondary N) is 1. The van der Waals surface area contributed by atoms with Crippen molar-refractivity contribution in [3.8, 4) is 5.75 Å². The summed E-state index contributed by atoms with van der Waals surface area (Å²) in [7, 11) is 1.52. The molecule has 0 aliphatic heterocycles. The second kappa shape index (κ2) is 9.31. The van der Waals surface area contributed by atoms with Crippen LogP contribution >= 0.6 is 34.8 Å². The van der Waals surface area contributed by atoms with Gasteiger partial charge in [-0.25, -0.2) is 0 Å². The van der Waals surface area contributed by atoms with Gasteiger partial charge in [-0.2, -0.15) is 0 Å². The smallest absolute Gasteiger partial charge is 0.260 e. The van der Waals surface area contributed by atoms with Gasteiger partial charge in [-0.15, -0.1) is 0 Å². The molecule has 0 saturated carbocycles. The first-order chi connectivity index (χ1) is 12.7. The molecule has 0 aliphatic rings. The normalized spacial score (nSPS) is 10.4. The number of hydrogen-bond donors (Lipinski definition) is 1. The molecule has 0 fully saturated rings. The minimum atomic E-state index is -0.381. The SMILES string of the molecule is Cc1cccc(C)c1NC(=O)CN(C)C(=O)COc1cc(Cl)c(Cl)cc1Cl. The Bertz CT molecular complexity index is 851. The molecule has 0 spiro atoms. The zero-order valence-electron chi connectivity index (χ0n) is 15.1. The highest BCUT2D eigenvalue weighted by molar-refractivity contribution is 6.43. The first-order valence-corrected chi connectivity index (χ1v) is 9.19. The summed E-state index contributed by atoms with van der Waals surface area (Å²) in [5.74, 6) is -0.433. The van der Waals surface area contributed by atoms with E-state index in [2.05, 4.69) is 5.32 Å². The summed E-state index contributed by atoms with van der Waals surface area (Å²) in [6, 6.07) is 8.61. The first kappa shape index (κ1) is 21.4. The number of benzene rings is 2. The molecule has 0 aromatic heterocycles. The maximum absolute atomic E-state index is 12.2. The molecule has 8 heteroatoms. The van der Waals surface area contributed by atoms with Crippen molar-refractivity contribution < 1.29 is 14.3 Å². The number of carbonyl (C=O) groups is 2. The minimum absolute atomic E-state index is 0.106. The molecule has 27 heavy (non-hydrogen) atoms. The van der Waals surface area contributed by atoms with Crippen molar-refractivity contribution in [3.05, 3.63) is 56.5 Å². The van der Waals surface area contributed by atoms with E-state index in [-0.39, 0.29) is 40.8 Å². The van der Waals surface area contributed by atoms with Crippen molar-refractivity contribution in [2.45, 2.75) is 13.8 Å². The summed E-state index contributed by atoms with van der Waals surface area (Å²) in [6.45, 7) is 3.43. The topological polar surface area (TPSA) is 58.6 Å². The van der Waals surface area contributed by atoms with Crippen molar-refractivity contribution in [2.75, 3.05) is 25.5 Å². The van der Waals surface area contributed by atoms with Gasteiger partial charge >= 0.3 is 0 Å². The number of carbonyl (C=O) groups excluding carboxylic acids is 2. The van der Waals surface area contributed by atoms with Crippen LogP contribution in [0, 0.1) is 13.8 Å². The lowest BCUT2D eigenvalue weighted by atomic mass is 10.1. The lowest BCUT2D eigenvalue weighted by molar-refractivity contribution is -0.135. The zero-order valence-corrected chi connectivity index (χ0v) is 17.4. The van der Waals surface area contributed by atoms with E-state index in [4.69, 9.17) is 39.5 Å². The maximum Gasteiger partial charge on any atom is 0.260 e. The molecular formula is C19H19Cl3N2O3. The number of halogens is 3. The Balaban J connectivity index is 1.92. The second-order valence-electron chi connectivity index (χ2n) is 6.05.